The fraction of sp³-hybridized carbons (Fsp3) is 0.500. The molecule has 0 saturated heterocycles. The molecular formula is C12H15NO4. The molecule has 0 unspecified atom stereocenters. The average Bonchev–Trinajstić information content (AvgIpc) is 2.75. The van der Waals surface area contributed by atoms with E-state index in [-0.39, 0.29) is 18.0 Å². The number of carbonyl (C=O) groups excluding carboxylic acids is 1. The Bertz CT molecular complexity index is 439. The lowest BCUT2D eigenvalue weighted by atomic mass is 10.0. The average molecular weight is 237 g/mol. The van der Waals surface area contributed by atoms with Crippen LogP contribution in [0.25, 0.3) is 0 Å². The molecular weight excluding hydrogens is 222 g/mol. The summed E-state index contributed by atoms with van der Waals surface area (Å²) in [6, 6.07) is 2.60. The van der Waals surface area contributed by atoms with Crippen LogP contribution in [0.15, 0.2) is 27.6 Å². The molecule has 0 radical (unpaired) electrons. The molecule has 5 nitrogen and oxygen atoms in total. The standard InChI is InChI=1S/C12H15NO4/c14-10-4-3-9(7-17-10)11(15)13-8-12(16)5-1-2-6-12/h3-4,7,16H,1-2,5-6,8H2,(H,13,15). The molecule has 1 aliphatic rings. The lowest BCUT2D eigenvalue weighted by Gasteiger charge is -2.22. The fourth-order valence-electron chi connectivity index (χ4n) is 2.04. The van der Waals surface area contributed by atoms with Gasteiger partial charge in [0.15, 0.2) is 0 Å². The van der Waals surface area contributed by atoms with Crippen LogP contribution in [0.3, 0.4) is 0 Å². The summed E-state index contributed by atoms with van der Waals surface area (Å²) in [5.41, 5.74) is -0.979. The molecule has 1 aliphatic carbocycles. The van der Waals surface area contributed by atoms with E-state index in [1.54, 1.807) is 0 Å². The minimum Gasteiger partial charge on any atom is -0.430 e. The van der Waals surface area contributed by atoms with Gasteiger partial charge in [0.25, 0.3) is 5.91 Å². The summed E-state index contributed by atoms with van der Waals surface area (Å²) in [5, 5.41) is 12.7. The van der Waals surface area contributed by atoms with Gasteiger partial charge >= 0.3 is 5.63 Å². The lowest BCUT2D eigenvalue weighted by molar-refractivity contribution is 0.0449. The Morgan fingerprint density at radius 1 is 1.41 bits per heavy atom. The van der Waals surface area contributed by atoms with E-state index in [2.05, 4.69) is 9.73 Å². The summed E-state index contributed by atoms with van der Waals surface area (Å²) in [6.07, 6.45) is 4.55. The van der Waals surface area contributed by atoms with E-state index in [0.29, 0.717) is 0 Å². The monoisotopic (exact) mass is 237 g/mol. The van der Waals surface area contributed by atoms with Crippen molar-refractivity contribution in [3.63, 3.8) is 0 Å². The van der Waals surface area contributed by atoms with Gasteiger partial charge in [-0.2, -0.15) is 0 Å². The molecule has 1 heterocycles. The van der Waals surface area contributed by atoms with Gasteiger partial charge < -0.3 is 14.8 Å². The topological polar surface area (TPSA) is 79.5 Å². The molecule has 0 aliphatic heterocycles. The van der Waals surface area contributed by atoms with E-state index in [0.717, 1.165) is 31.9 Å². The van der Waals surface area contributed by atoms with E-state index in [1.165, 1.54) is 12.1 Å². The van der Waals surface area contributed by atoms with Gasteiger partial charge in [-0.15, -0.1) is 0 Å². The molecule has 17 heavy (non-hydrogen) atoms. The number of nitrogens with one attached hydrogen (secondary N) is 1. The van der Waals surface area contributed by atoms with Crippen molar-refractivity contribution in [3.8, 4) is 0 Å². The van der Waals surface area contributed by atoms with Crippen LogP contribution >= 0.6 is 0 Å². The molecule has 1 saturated carbocycles. The summed E-state index contributed by atoms with van der Waals surface area (Å²) >= 11 is 0. The molecule has 1 amide bonds. The van der Waals surface area contributed by atoms with Crippen molar-refractivity contribution in [1.29, 1.82) is 0 Å². The second kappa shape index (κ2) is 4.71. The van der Waals surface area contributed by atoms with Crippen molar-refractivity contribution in [2.75, 3.05) is 6.54 Å². The van der Waals surface area contributed by atoms with Crippen molar-refractivity contribution < 1.29 is 14.3 Å². The van der Waals surface area contributed by atoms with Crippen molar-refractivity contribution in [3.05, 3.63) is 34.4 Å². The summed E-state index contributed by atoms with van der Waals surface area (Å²) in [7, 11) is 0. The molecule has 0 bridgehead atoms. The fourth-order valence-corrected chi connectivity index (χ4v) is 2.04. The highest BCUT2D eigenvalue weighted by Crippen LogP contribution is 2.28. The van der Waals surface area contributed by atoms with E-state index >= 15 is 0 Å². The van der Waals surface area contributed by atoms with E-state index < -0.39 is 11.2 Å². The first kappa shape index (κ1) is 11.9. The van der Waals surface area contributed by atoms with Crippen LogP contribution in [0.5, 0.6) is 0 Å². The Hall–Kier alpha value is -1.62. The smallest absolute Gasteiger partial charge is 0.335 e. The van der Waals surface area contributed by atoms with E-state index in [4.69, 9.17) is 0 Å². The maximum atomic E-state index is 11.7. The number of hydrogen-bond donors (Lipinski definition) is 2. The molecule has 92 valence electrons. The highest BCUT2D eigenvalue weighted by atomic mass is 16.4. The van der Waals surface area contributed by atoms with Crippen LogP contribution in [0, 0.1) is 0 Å². The van der Waals surface area contributed by atoms with Crippen molar-refractivity contribution >= 4 is 5.91 Å². The Balaban J connectivity index is 1.93. The predicted molar refractivity (Wildman–Crippen MR) is 60.7 cm³/mol. The van der Waals surface area contributed by atoms with Crippen LogP contribution in [0.4, 0.5) is 0 Å². The Kier molecular flexibility index (Phi) is 3.28. The molecule has 0 spiro atoms. The third-order valence-electron chi connectivity index (χ3n) is 3.08. The molecule has 1 aromatic heterocycles. The maximum Gasteiger partial charge on any atom is 0.335 e. The van der Waals surface area contributed by atoms with Gasteiger partial charge in [0, 0.05) is 12.6 Å². The largest absolute Gasteiger partial charge is 0.430 e. The van der Waals surface area contributed by atoms with Gasteiger partial charge in [-0.05, 0) is 18.9 Å². The summed E-state index contributed by atoms with van der Waals surface area (Å²) in [5.74, 6) is -0.339. The molecule has 2 rings (SSSR count). The third kappa shape index (κ3) is 2.94. The summed E-state index contributed by atoms with van der Waals surface area (Å²) in [4.78, 5) is 22.4. The number of amides is 1. The lowest BCUT2D eigenvalue weighted by Crippen LogP contribution is -2.40. The van der Waals surface area contributed by atoms with Crippen molar-refractivity contribution in [2.24, 2.45) is 0 Å². The molecule has 1 fully saturated rings. The highest BCUT2D eigenvalue weighted by molar-refractivity contribution is 5.93. The van der Waals surface area contributed by atoms with Crippen LogP contribution in [-0.4, -0.2) is 23.2 Å². The van der Waals surface area contributed by atoms with Gasteiger partial charge in [-0.25, -0.2) is 4.79 Å². The molecule has 2 N–H and O–H groups in total. The summed E-state index contributed by atoms with van der Waals surface area (Å²) in [6.45, 7) is 0.241. The van der Waals surface area contributed by atoms with Crippen molar-refractivity contribution in [1.82, 2.24) is 5.32 Å². The van der Waals surface area contributed by atoms with E-state index in [9.17, 15) is 14.7 Å². The van der Waals surface area contributed by atoms with Gasteiger partial charge in [0.2, 0.25) is 0 Å². The van der Waals surface area contributed by atoms with Crippen LogP contribution in [-0.2, 0) is 0 Å². The van der Waals surface area contributed by atoms with Crippen LogP contribution in [0.2, 0.25) is 0 Å². The zero-order valence-corrected chi connectivity index (χ0v) is 9.44. The second-order valence-corrected chi connectivity index (χ2v) is 4.46. The third-order valence-corrected chi connectivity index (χ3v) is 3.08. The predicted octanol–water partition coefficient (Wildman–Crippen LogP) is 0.675. The number of hydrogen-bond acceptors (Lipinski definition) is 4. The normalized spacial score (nSPS) is 17.9. The number of rotatable bonds is 3. The SMILES string of the molecule is O=C(NCC1(O)CCCC1)c1ccc(=O)oc1. The minimum atomic E-state index is -0.773. The molecule has 0 aromatic carbocycles. The zero-order valence-electron chi connectivity index (χ0n) is 9.44. The Morgan fingerprint density at radius 2 is 2.12 bits per heavy atom. The quantitative estimate of drug-likeness (QED) is 0.810. The zero-order chi connectivity index (χ0) is 12.3. The van der Waals surface area contributed by atoms with Gasteiger partial charge in [-0.1, -0.05) is 12.8 Å². The van der Waals surface area contributed by atoms with Crippen LogP contribution in [0.1, 0.15) is 36.0 Å². The van der Waals surface area contributed by atoms with Gasteiger partial charge in [0.05, 0.1) is 11.2 Å². The van der Waals surface area contributed by atoms with Gasteiger partial charge in [-0.3, -0.25) is 4.79 Å². The molecule has 5 heteroatoms. The maximum absolute atomic E-state index is 11.7. The first-order valence-corrected chi connectivity index (χ1v) is 5.69. The number of aliphatic hydroxyl groups is 1. The Morgan fingerprint density at radius 3 is 2.71 bits per heavy atom. The van der Waals surface area contributed by atoms with E-state index in [1.807, 2.05) is 0 Å². The molecule has 0 atom stereocenters. The van der Waals surface area contributed by atoms with Crippen LogP contribution < -0.4 is 10.9 Å². The molecule has 1 aromatic rings. The summed E-state index contributed by atoms with van der Waals surface area (Å²) < 4.78 is 4.60. The minimum absolute atomic E-state index is 0.241. The van der Waals surface area contributed by atoms with Crippen molar-refractivity contribution in [2.45, 2.75) is 31.3 Å². The first-order valence-electron chi connectivity index (χ1n) is 5.69. The first-order chi connectivity index (χ1) is 8.09. The Labute approximate surface area is 98.5 Å². The highest BCUT2D eigenvalue weighted by Gasteiger charge is 2.31. The number of carbonyl (C=O) groups is 1. The van der Waals surface area contributed by atoms with Gasteiger partial charge in [0.1, 0.15) is 6.26 Å². The second-order valence-electron chi connectivity index (χ2n) is 4.46.